The van der Waals surface area contributed by atoms with Crippen LogP contribution in [0.3, 0.4) is 0 Å². The maximum Gasteiger partial charge on any atom is 0.192 e. The van der Waals surface area contributed by atoms with Crippen molar-refractivity contribution in [2.75, 3.05) is 6.61 Å². The van der Waals surface area contributed by atoms with E-state index in [-0.39, 0.29) is 11.6 Å². The number of fused-ring (bicyclic) bond motifs is 5. The number of hydrogen-bond donors (Lipinski definition) is 1. The zero-order chi connectivity index (χ0) is 22.7. The van der Waals surface area contributed by atoms with E-state index in [0.717, 1.165) is 17.8 Å². The predicted octanol–water partition coefficient (Wildman–Crippen LogP) is 7.50. The third-order valence-electron chi connectivity index (χ3n) is 10.9. The van der Waals surface area contributed by atoms with E-state index in [0.29, 0.717) is 22.9 Å². The van der Waals surface area contributed by atoms with Crippen LogP contribution in [0.15, 0.2) is 23.8 Å². The maximum atomic E-state index is 9.29. The van der Waals surface area contributed by atoms with Crippen LogP contribution in [0, 0.1) is 34.5 Å². The first-order valence-corrected chi connectivity index (χ1v) is 16.0. The number of rotatable bonds is 4. The standard InChI is InChI=1S/C28H48O2Si/c1-26(2,3)31(6,7)30-22-14-16-28(5)21(19-22)10-12-23-24-13-11-20(9-8-18-29)27(24,4)17-15-25(23)28/h8-10,20,22-25,29H,11-19H2,1-7H3/b9-8-/t20-,22?,23-,24-,25-,27+,28-/m0/s1. The van der Waals surface area contributed by atoms with E-state index in [2.05, 4.69) is 59.9 Å². The van der Waals surface area contributed by atoms with Gasteiger partial charge in [-0.3, -0.25) is 0 Å². The van der Waals surface area contributed by atoms with E-state index in [4.69, 9.17) is 4.43 Å². The molecule has 1 unspecified atom stereocenters. The van der Waals surface area contributed by atoms with Gasteiger partial charge in [-0.1, -0.05) is 58.4 Å². The van der Waals surface area contributed by atoms with Gasteiger partial charge in [0.1, 0.15) is 0 Å². The van der Waals surface area contributed by atoms with Crippen molar-refractivity contribution in [2.24, 2.45) is 34.5 Å². The first kappa shape index (κ1) is 23.8. The molecule has 3 heteroatoms. The molecule has 2 nitrogen and oxygen atoms in total. The highest BCUT2D eigenvalue weighted by Gasteiger charge is 2.58. The Morgan fingerprint density at radius 2 is 1.84 bits per heavy atom. The second kappa shape index (κ2) is 8.13. The smallest absolute Gasteiger partial charge is 0.192 e. The van der Waals surface area contributed by atoms with Gasteiger partial charge in [0.05, 0.1) is 6.61 Å². The van der Waals surface area contributed by atoms with Crippen LogP contribution in [0.2, 0.25) is 18.1 Å². The Morgan fingerprint density at radius 3 is 2.52 bits per heavy atom. The molecule has 0 radical (unpaired) electrons. The van der Waals surface area contributed by atoms with Gasteiger partial charge >= 0.3 is 0 Å². The number of aliphatic hydroxyl groups is 1. The summed E-state index contributed by atoms with van der Waals surface area (Å²) in [6.45, 7) is 17.3. The Balaban J connectivity index is 1.51. The Hall–Kier alpha value is -0.383. The molecule has 4 aliphatic rings. The van der Waals surface area contributed by atoms with Crippen molar-refractivity contribution in [1.82, 2.24) is 0 Å². The highest BCUT2D eigenvalue weighted by atomic mass is 28.4. The molecule has 0 spiro atoms. The number of aliphatic hydroxyl groups excluding tert-OH is 1. The molecule has 4 rings (SSSR count). The minimum Gasteiger partial charge on any atom is -0.414 e. The van der Waals surface area contributed by atoms with Crippen LogP contribution in [0.25, 0.3) is 0 Å². The molecule has 4 aliphatic carbocycles. The molecule has 176 valence electrons. The summed E-state index contributed by atoms with van der Waals surface area (Å²) in [7, 11) is -1.71. The fraction of sp³-hybridized carbons (Fsp3) is 0.857. The van der Waals surface area contributed by atoms with Crippen molar-refractivity contribution in [1.29, 1.82) is 0 Å². The highest BCUT2D eigenvalue weighted by molar-refractivity contribution is 6.74. The van der Waals surface area contributed by atoms with Gasteiger partial charge in [-0.05, 0) is 104 Å². The highest BCUT2D eigenvalue weighted by Crippen LogP contribution is 2.66. The first-order valence-electron chi connectivity index (χ1n) is 13.1. The van der Waals surface area contributed by atoms with Gasteiger partial charge in [0.2, 0.25) is 0 Å². The topological polar surface area (TPSA) is 29.5 Å². The minimum absolute atomic E-state index is 0.186. The van der Waals surface area contributed by atoms with Crippen LogP contribution in [-0.2, 0) is 4.43 Å². The molecule has 0 bridgehead atoms. The summed E-state index contributed by atoms with van der Waals surface area (Å²) in [5.74, 6) is 3.24. The summed E-state index contributed by atoms with van der Waals surface area (Å²) in [4.78, 5) is 0. The summed E-state index contributed by atoms with van der Waals surface area (Å²) >= 11 is 0. The van der Waals surface area contributed by atoms with E-state index in [1.54, 1.807) is 5.57 Å². The molecule has 0 aromatic heterocycles. The fourth-order valence-electron chi connectivity index (χ4n) is 7.90. The third-order valence-corrected chi connectivity index (χ3v) is 15.4. The van der Waals surface area contributed by atoms with Crippen LogP contribution >= 0.6 is 0 Å². The second-order valence-electron chi connectivity index (χ2n) is 13.3. The summed E-state index contributed by atoms with van der Waals surface area (Å²) in [5.41, 5.74) is 2.58. The monoisotopic (exact) mass is 444 g/mol. The molecule has 0 aromatic carbocycles. The van der Waals surface area contributed by atoms with E-state index in [1.165, 1.54) is 51.4 Å². The van der Waals surface area contributed by atoms with Crippen LogP contribution in [0.5, 0.6) is 0 Å². The SMILES string of the molecule is CC(C)(C)[Si](C)(C)OC1CC[C@@]2(C)C(=CC[C@H]3[C@@H]4CC[C@H](/C=C\CO)[C@@]4(C)CC[C@@H]32)C1. The lowest BCUT2D eigenvalue weighted by atomic mass is 9.47. The number of allylic oxidation sites excluding steroid dienone is 2. The third kappa shape index (κ3) is 3.95. The van der Waals surface area contributed by atoms with Crippen LogP contribution < -0.4 is 0 Å². The lowest BCUT2D eigenvalue weighted by Gasteiger charge is -2.58. The molecule has 0 amide bonds. The molecule has 3 fully saturated rings. The molecule has 0 heterocycles. The minimum atomic E-state index is -1.71. The maximum absolute atomic E-state index is 9.29. The van der Waals surface area contributed by atoms with Crippen LogP contribution in [0.1, 0.15) is 86.0 Å². The zero-order valence-corrected chi connectivity index (χ0v) is 22.3. The van der Waals surface area contributed by atoms with E-state index in [9.17, 15) is 5.11 Å². The average molecular weight is 445 g/mol. The molecular weight excluding hydrogens is 396 g/mol. The molecule has 7 atom stereocenters. The number of hydrogen-bond acceptors (Lipinski definition) is 2. The molecule has 0 aromatic rings. The molecule has 3 saturated carbocycles. The summed E-state index contributed by atoms with van der Waals surface area (Å²) in [5, 5.41) is 9.58. The van der Waals surface area contributed by atoms with Crippen molar-refractivity contribution >= 4 is 8.32 Å². The van der Waals surface area contributed by atoms with Gasteiger partial charge in [-0.25, -0.2) is 0 Å². The van der Waals surface area contributed by atoms with Crippen molar-refractivity contribution < 1.29 is 9.53 Å². The Bertz CT molecular complexity index is 732. The van der Waals surface area contributed by atoms with Crippen LogP contribution in [-0.4, -0.2) is 26.1 Å². The summed E-state index contributed by atoms with van der Waals surface area (Å²) in [6.07, 6.45) is 17.9. The molecule has 1 N–H and O–H groups in total. The van der Waals surface area contributed by atoms with Crippen LogP contribution in [0.4, 0.5) is 0 Å². The van der Waals surface area contributed by atoms with Gasteiger partial charge in [0.15, 0.2) is 8.32 Å². The first-order chi connectivity index (χ1) is 14.4. The lowest BCUT2D eigenvalue weighted by Crippen LogP contribution is -2.51. The molecule has 31 heavy (non-hydrogen) atoms. The summed E-state index contributed by atoms with van der Waals surface area (Å²) in [6, 6.07) is 0. The van der Waals surface area contributed by atoms with Crippen molar-refractivity contribution in [2.45, 2.75) is 110 Å². The fourth-order valence-corrected chi connectivity index (χ4v) is 9.29. The van der Waals surface area contributed by atoms with Crippen molar-refractivity contribution in [3.8, 4) is 0 Å². The molecule has 0 aliphatic heterocycles. The van der Waals surface area contributed by atoms with Gasteiger partial charge in [-0.15, -0.1) is 0 Å². The Kier molecular flexibility index (Phi) is 6.23. The predicted molar refractivity (Wildman–Crippen MR) is 133 cm³/mol. The Morgan fingerprint density at radius 1 is 1.10 bits per heavy atom. The molecule has 0 saturated heterocycles. The Labute approximate surface area is 193 Å². The van der Waals surface area contributed by atoms with Crippen molar-refractivity contribution in [3.63, 3.8) is 0 Å². The van der Waals surface area contributed by atoms with Gasteiger partial charge in [0, 0.05) is 6.10 Å². The second-order valence-corrected chi connectivity index (χ2v) is 18.1. The molecular formula is C28H48O2Si. The lowest BCUT2D eigenvalue weighted by molar-refractivity contribution is -0.0432. The van der Waals surface area contributed by atoms with E-state index < -0.39 is 8.32 Å². The zero-order valence-electron chi connectivity index (χ0n) is 21.3. The van der Waals surface area contributed by atoms with Crippen molar-refractivity contribution in [3.05, 3.63) is 23.8 Å². The van der Waals surface area contributed by atoms with Gasteiger partial charge < -0.3 is 9.53 Å². The van der Waals surface area contributed by atoms with E-state index >= 15 is 0 Å². The quantitative estimate of drug-likeness (QED) is 0.359. The van der Waals surface area contributed by atoms with Gasteiger partial charge in [-0.2, -0.15) is 0 Å². The van der Waals surface area contributed by atoms with E-state index in [1.807, 2.05) is 6.08 Å². The summed E-state index contributed by atoms with van der Waals surface area (Å²) < 4.78 is 6.88. The average Bonchev–Trinajstić information content (AvgIpc) is 3.02. The van der Waals surface area contributed by atoms with Gasteiger partial charge in [0.25, 0.3) is 0 Å². The largest absolute Gasteiger partial charge is 0.414 e. The normalized spacial score (nSPS) is 43.4.